The van der Waals surface area contributed by atoms with E-state index in [-0.39, 0.29) is 12.0 Å². The Morgan fingerprint density at radius 2 is 2.03 bits per heavy atom. The summed E-state index contributed by atoms with van der Waals surface area (Å²) < 4.78 is 7.83. The van der Waals surface area contributed by atoms with Crippen molar-refractivity contribution in [3.05, 3.63) is 93.1 Å². The highest BCUT2D eigenvalue weighted by molar-refractivity contribution is 6.30. The van der Waals surface area contributed by atoms with Gasteiger partial charge in [0, 0.05) is 36.5 Å². The number of carbonyl (C=O) groups is 1. The van der Waals surface area contributed by atoms with E-state index >= 15 is 0 Å². The summed E-state index contributed by atoms with van der Waals surface area (Å²) in [6.45, 7) is 10.1. The van der Waals surface area contributed by atoms with Crippen LogP contribution in [0.4, 0.5) is 4.79 Å². The van der Waals surface area contributed by atoms with E-state index in [0.717, 1.165) is 48.5 Å². The Morgan fingerprint density at radius 3 is 2.74 bits per heavy atom. The molecule has 1 aliphatic carbocycles. The van der Waals surface area contributed by atoms with Crippen LogP contribution in [-0.2, 0) is 11.3 Å². The first kappa shape index (κ1) is 26.4. The summed E-state index contributed by atoms with van der Waals surface area (Å²) in [6.07, 6.45) is 15.6. The van der Waals surface area contributed by atoms with E-state index in [2.05, 4.69) is 40.8 Å². The molecule has 7 heteroatoms. The van der Waals surface area contributed by atoms with Gasteiger partial charge in [0.05, 0.1) is 6.33 Å². The maximum atomic E-state index is 12.7. The summed E-state index contributed by atoms with van der Waals surface area (Å²) in [5, 5.41) is 5.68. The summed E-state index contributed by atoms with van der Waals surface area (Å²) in [4.78, 5) is 18.8. The van der Waals surface area contributed by atoms with Crippen LogP contribution in [0.25, 0.3) is 17.0 Å². The Morgan fingerprint density at radius 1 is 1.24 bits per heavy atom. The Hall–Kier alpha value is -3.25. The van der Waals surface area contributed by atoms with Crippen LogP contribution >= 0.6 is 11.6 Å². The van der Waals surface area contributed by atoms with Gasteiger partial charge in [-0.2, -0.15) is 6.20 Å². The van der Waals surface area contributed by atoms with Gasteiger partial charge in [0.1, 0.15) is 5.60 Å². The lowest BCUT2D eigenvalue weighted by molar-refractivity contribution is 0.0199. The molecule has 1 amide bonds. The molecular weight excluding hydrogens is 496 g/mol. The Kier molecular flexibility index (Phi) is 7.53. The molecule has 0 radical (unpaired) electrons. The fourth-order valence-electron chi connectivity index (χ4n) is 5.53. The summed E-state index contributed by atoms with van der Waals surface area (Å²) >= 11 is 6.50. The van der Waals surface area contributed by atoms with Gasteiger partial charge in [0.25, 0.3) is 0 Å². The molecule has 1 fully saturated rings. The van der Waals surface area contributed by atoms with Crippen molar-refractivity contribution in [3.63, 3.8) is 0 Å². The molecule has 0 N–H and O–H groups in total. The topological polar surface area (TPSA) is 61.5 Å². The van der Waals surface area contributed by atoms with Gasteiger partial charge in [0.2, 0.25) is 0 Å². The molecule has 1 saturated heterocycles. The van der Waals surface area contributed by atoms with Gasteiger partial charge < -0.3 is 19.5 Å². The molecule has 3 heterocycles. The second kappa shape index (κ2) is 10.9. The standard InChI is InChI=1S/C31H36ClN4O2/c1-21-19-33-20-36(21)14-6-7-23-17-24-18-25(32)9-10-26(24)28(29-27(23)8-5-13-34-29)22-11-15-35(16-12-22)30(37)38-31(2,3)4/h5,8-10,13,17-20,22H,6-7,11-12,14-16H2,1-4H3/q-1. The first-order valence-electron chi connectivity index (χ1n) is 13.5. The molecule has 200 valence electrons. The number of likely N-dealkylation sites (tertiary alicyclic amines) is 1. The van der Waals surface area contributed by atoms with E-state index in [1.54, 1.807) is 0 Å². The maximum absolute atomic E-state index is 12.7. The molecule has 0 saturated carbocycles. The zero-order valence-corrected chi connectivity index (χ0v) is 23.5. The number of rotatable bonds is 5. The number of ether oxygens (including phenoxy) is 1. The number of hydrogen-bond acceptors (Lipinski definition) is 3. The number of piperidine rings is 1. The average molecular weight is 532 g/mol. The number of fused-ring (bicyclic) bond motifs is 2. The van der Waals surface area contributed by atoms with E-state index < -0.39 is 5.60 Å². The van der Waals surface area contributed by atoms with E-state index in [1.165, 1.54) is 28.0 Å². The molecule has 0 unspecified atom stereocenters. The SMILES string of the molecule is Cc1cncn1CCCC1=Cc2cc(Cl)ccc2C(C2CCN(C(=O)OC(C)(C)C)CC2)=C2[N-]C=CC=C12. The lowest BCUT2D eigenvalue weighted by atomic mass is 9.81. The van der Waals surface area contributed by atoms with E-state index in [0.29, 0.717) is 13.1 Å². The second-order valence-corrected chi connectivity index (χ2v) is 11.7. The highest BCUT2D eigenvalue weighted by atomic mass is 35.5. The zero-order valence-electron chi connectivity index (χ0n) is 22.7. The molecule has 0 spiro atoms. The summed E-state index contributed by atoms with van der Waals surface area (Å²) in [7, 11) is 0. The minimum absolute atomic E-state index is 0.232. The highest BCUT2D eigenvalue weighted by Crippen LogP contribution is 2.46. The van der Waals surface area contributed by atoms with Crippen molar-refractivity contribution >= 4 is 29.3 Å². The Labute approximate surface area is 230 Å². The quantitative estimate of drug-likeness (QED) is 0.394. The smallest absolute Gasteiger partial charge is 0.410 e. The molecule has 6 nitrogen and oxygen atoms in total. The molecule has 0 bridgehead atoms. The highest BCUT2D eigenvalue weighted by Gasteiger charge is 2.31. The number of nitrogens with zero attached hydrogens (tertiary/aromatic N) is 4. The molecule has 38 heavy (non-hydrogen) atoms. The van der Waals surface area contributed by atoms with Crippen LogP contribution in [-0.4, -0.2) is 39.2 Å². The Bertz CT molecular complexity index is 1330. The van der Waals surface area contributed by atoms with Crippen LogP contribution in [0.5, 0.6) is 0 Å². The predicted octanol–water partition coefficient (Wildman–Crippen LogP) is 7.91. The minimum atomic E-state index is -0.496. The molecule has 2 aliphatic heterocycles. The van der Waals surface area contributed by atoms with E-state index in [9.17, 15) is 4.79 Å². The van der Waals surface area contributed by atoms with Crippen LogP contribution in [0.3, 0.4) is 0 Å². The zero-order chi connectivity index (χ0) is 26.9. The summed E-state index contributed by atoms with van der Waals surface area (Å²) in [5.74, 6) is 0.281. The number of benzene rings is 1. The number of aromatic nitrogens is 2. The monoisotopic (exact) mass is 531 g/mol. The van der Waals surface area contributed by atoms with Gasteiger partial charge >= 0.3 is 6.09 Å². The Balaban J connectivity index is 1.43. The number of halogens is 1. The van der Waals surface area contributed by atoms with Gasteiger partial charge in [-0.25, -0.2) is 9.78 Å². The molecule has 2 aromatic rings. The summed E-state index contributed by atoms with van der Waals surface area (Å²) in [5.41, 5.74) is 7.76. The van der Waals surface area contributed by atoms with Crippen molar-refractivity contribution in [2.75, 3.05) is 13.1 Å². The minimum Gasteiger partial charge on any atom is -0.663 e. The lowest BCUT2D eigenvalue weighted by Crippen LogP contribution is -2.42. The van der Waals surface area contributed by atoms with Gasteiger partial charge in [-0.05, 0) is 93.7 Å². The fourth-order valence-corrected chi connectivity index (χ4v) is 5.71. The predicted molar refractivity (Wildman–Crippen MR) is 154 cm³/mol. The van der Waals surface area contributed by atoms with Crippen LogP contribution in [0.2, 0.25) is 5.02 Å². The molecule has 3 aliphatic rings. The van der Waals surface area contributed by atoms with Crippen molar-refractivity contribution in [1.29, 1.82) is 0 Å². The molecule has 1 aromatic carbocycles. The van der Waals surface area contributed by atoms with Crippen LogP contribution in [0.15, 0.2) is 65.9 Å². The average Bonchev–Trinajstić information content (AvgIpc) is 3.23. The van der Waals surface area contributed by atoms with Gasteiger partial charge in [-0.1, -0.05) is 41.5 Å². The second-order valence-electron chi connectivity index (χ2n) is 11.3. The number of hydrogen-bond donors (Lipinski definition) is 0. The van der Waals surface area contributed by atoms with E-state index in [1.807, 2.05) is 56.5 Å². The normalized spacial score (nSPS) is 17.8. The van der Waals surface area contributed by atoms with Crippen LogP contribution in [0.1, 0.15) is 63.3 Å². The number of aryl methyl sites for hydroxylation is 2. The van der Waals surface area contributed by atoms with Crippen molar-refractivity contribution in [3.8, 4) is 0 Å². The van der Waals surface area contributed by atoms with E-state index in [4.69, 9.17) is 21.7 Å². The summed E-state index contributed by atoms with van der Waals surface area (Å²) in [6, 6.07) is 6.18. The first-order chi connectivity index (χ1) is 18.2. The first-order valence-corrected chi connectivity index (χ1v) is 13.8. The third-order valence-corrected chi connectivity index (χ3v) is 7.60. The van der Waals surface area contributed by atoms with Crippen molar-refractivity contribution in [2.24, 2.45) is 5.92 Å². The third-order valence-electron chi connectivity index (χ3n) is 7.36. The molecule has 5 rings (SSSR count). The molecule has 1 aromatic heterocycles. The third kappa shape index (κ3) is 5.75. The van der Waals surface area contributed by atoms with Gasteiger partial charge in [-0.3, -0.25) is 0 Å². The van der Waals surface area contributed by atoms with Crippen molar-refractivity contribution in [1.82, 2.24) is 14.5 Å². The number of allylic oxidation sites excluding steroid dienone is 4. The van der Waals surface area contributed by atoms with Crippen LogP contribution in [0, 0.1) is 12.8 Å². The number of amides is 1. The van der Waals surface area contributed by atoms with Crippen molar-refractivity contribution in [2.45, 2.75) is 65.5 Å². The van der Waals surface area contributed by atoms with Crippen molar-refractivity contribution < 1.29 is 9.53 Å². The number of imidazole rings is 1. The van der Waals surface area contributed by atoms with Gasteiger partial charge in [-0.15, -0.1) is 5.70 Å². The largest absolute Gasteiger partial charge is 0.663 e. The fraction of sp³-hybridized carbons (Fsp3) is 0.419. The lowest BCUT2D eigenvalue weighted by Gasteiger charge is -2.39. The van der Waals surface area contributed by atoms with Crippen LogP contribution < -0.4 is 0 Å². The number of carbonyl (C=O) groups excluding carboxylic acids is 1. The molecule has 0 atom stereocenters. The molecular formula is C31H36ClN4O2-. The maximum Gasteiger partial charge on any atom is 0.410 e. The van der Waals surface area contributed by atoms with Gasteiger partial charge in [0.15, 0.2) is 0 Å².